The molecule has 1 rings (SSSR count). The van der Waals surface area contributed by atoms with Crippen molar-refractivity contribution in [3.63, 3.8) is 0 Å². The van der Waals surface area contributed by atoms with Gasteiger partial charge in [-0.15, -0.1) is 0 Å². The second kappa shape index (κ2) is 7.39. The Morgan fingerprint density at radius 1 is 1.16 bits per heavy atom. The highest BCUT2D eigenvalue weighted by Gasteiger charge is 2.16. The molecular formula is C16H28N2O. The van der Waals surface area contributed by atoms with E-state index in [0.717, 1.165) is 38.2 Å². The number of methoxy groups -OCH3 is 1. The number of benzene rings is 1. The highest BCUT2D eigenvalue weighted by Crippen LogP contribution is 2.29. The zero-order valence-corrected chi connectivity index (χ0v) is 12.8. The van der Waals surface area contributed by atoms with Crippen molar-refractivity contribution in [1.29, 1.82) is 0 Å². The third-order valence-electron chi connectivity index (χ3n) is 3.19. The van der Waals surface area contributed by atoms with Crippen molar-refractivity contribution in [2.24, 2.45) is 11.1 Å². The Hall–Kier alpha value is -1.22. The van der Waals surface area contributed by atoms with E-state index in [1.54, 1.807) is 7.11 Å². The number of para-hydroxylation sites is 2. The molecule has 0 unspecified atom stereocenters. The van der Waals surface area contributed by atoms with Crippen LogP contribution in [0, 0.1) is 5.41 Å². The van der Waals surface area contributed by atoms with Crippen molar-refractivity contribution in [1.82, 2.24) is 0 Å². The molecule has 0 aliphatic rings. The van der Waals surface area contributed by atoms with E-state index >= 15 is 0 Å². The van der Waals surface area contributed by atoms with E-state index in [1.807, 2.05) is 12.1 Å². The Balaban J connectivity index is 2.82. The summed E-state index contributed by atoms with van der Waals surface area (Å²) < 4.78 is 5.47. The molecule has 0 spiro atoms. The van der Waals surface area contributed by atoms with Gasteiger partial charge in [0.1, 0.15) is 5.75 Å². The SMILES string of the molecule is COc1ccccc1N(CCCN)CCC(C)(C)C. The average molecular weight is 264 g/mol. The van der Waals surface area contributed by atoms with E-state index in [9.17, 15) is 0 Å². The summed E-state index contributed by atoms with van der Waals surface area (Å²) >= 11 is 0. The van der Waals surface area contributed by atoms with Crippen LogP contribution in [0.3, 0.4) is 0 Å². The van der Waals surface area contributed by atoms with Crippen LogP contribution in [0.5, 0.6) is 5.75 Å². The van der Waals surface area contributed by atoms with Gasteiger partial charge in [0.15, 0.2) is 0 Å². The van der Waals surface area contributed by atoms with Crippen LogP contribution in [0.15, 0.2) is 24.3 Å². The second-order valence-electron chi connectivity index (χ2n) is 6.11. The smallest absolute Gasteiger partial charge is 0.142 e. The Kier molecular flexibility index (Phi) is 6.16. The van der Waals surface area contributed by atoms with Crippen LogP contribution in [0.2, 0.25) is 0 Å². The molecule has 2 N–H and O–H groups in total. The van der Waals surface area contributed by atoms with Gasteiger partial charge in [-0.2, -0.15) is 0 Å². The van der Waals surface area contributed by atoms with Crippen LogP contribution in [-0.4, -0.2) is 26.7 Å². The van der Waals surface area contributed by atoms with Crippen molar-refractivity contribution in [3.8, 4) is 5.75 Å². The monoisotopic (exact) mass is 264 g/mol. The molecule has 0 fully saturated rings. The van der Waals surface area contributed by atoms with E-state index in [2.05, 4.69) is 37.8 Å². The number of anilines is 1. The van der Waals surface area contributed by atoms with Gasteiger partial charge in [-0.05, 0) is 36.9 Å². The maximum atomic E-state index is 5.65. The van der Waals surface area contributed by atoms with E-state index in [-0.39, 0.29) is 0 Å². The van der Waals surface area contributed by atoms with Crippen molar-refractivity contribution in [2.45, 2.75) is 33.6 Å². The van der Waals surface area contributed by atoms with Crippen LogP contribution < -0.4 is 15.4 Å². The molecule has 0 bridgehead atoms. The van der Waals surface area contributed by atoms with Gasteiger partial charge in [0.2, 0.25) is 0 Å². The summed E-state index contributed by atoms with van der Waals surface area (Å²) in [7, 11) is 1.73. The fraction of sp³-hybridized carbons (Fsp3) is 0.625. The molecule has 1 aromatic carbocycles. The van der Waals surface area contributed by atoms with Gasteiger partial charge in [0.25, 0.3) is 0 Å². The minimum absolute atomic E-state index is 0.336. The van der Waals surface area contributed by atoms with E-state index in [1.165, 1.54) is 5.69 Å². The number of nitrogens with zero attached hydrogens (tertiary/aromatic N) is 1. The largest absolute Gasteiger partial charge is 0.495 e. The Morgan fingerprint density at radius 2 is 1.84 bits per heavy atom. The van der Waals surface area contributed by atoms with Gasteiger partial charge < -0.3 is 15.4 Å². The van der Waals surface area contributed by atoms with Crippen molar-refractivity contribution in [3.05, 3.63) is 24.3 Å². The average Bonchev–Trinajstić information content (AvgIpc) is 2.38. The van der Waals surface area contributed by atoms with Gasteiger partial charge in [-0.1, -0.05) is 32.9 Å². The van der Waals surface area contributed by atoms with E-state index in [4.69, 9.17) is 10.5 Å². The van der Waals surface area contributed by atoms with Crippen LogP contribution in [0.25, 0.3) is 0 Å². The molecular weight excluding hydrogens is 236 g/mol. The predicted octanol–water partition coefficient (Wildman–Crippen LogP) is 3.29. The highest BCUT2D eigenvalue weighted by molar-refractivity contribution is 5.58. The quantitative estimate of drug-likeness (QED) is 0.821. The Bertz CT molecular complexity index is 371. The minimum atomic E-state index is 0.336. The summed E-state index contributed by atoms with van der Waals surface area (Å²) in [4.78, 5) is 2.39. The van der Waals surface area contributed by atoms with Gasteiger partial charge in [-0.3, -0.25) is 0 Å². The molecule has 0 heterocycles. The fourth-order valence-corrected chi connectivity index (χ4v) is 2.00. The van der Waals surface area contributed by atoms with Crippen molar-refractivity contribution < 1.29 is 4.74 Å². The molecule has 1 aromatic rings. The fourth-order valence-electron chi connectivity index (χ4n) is 2.00. The molecule has 0 aliphatic heterocycles. The maximum absolute atomic E-state index is 5.65. The molecule has 0 amide bonds. The van der Waals surface area contributed by atoms with Gasteiger partial charge >= 0.3 is 0 Å². The Morgan fingerprint density at radius 3 is 2.42 bits per heavy atom. The third kappa shape index (κ3) is 5.52. The summed E-state index contributed by atoms with van der Waals surface area (Å²) in [6.45, 7) is 9.56. The first-order valence-electron chi connectivity index (χ1n) is 7.06. The normalized spacial score (nSPS) is 11.4. The first kappa shape index (κ1) is 15.8. The molecule has 0 saturated heterocycles. The van der Waals surface area contributed by atoms with Crippen molar-refractivity contribution >= 4 is 5.69 Å². The van der Waals surface area contributed by atoms with Gasteiger partial charge in [-0.25, -0.2) is 0 Å². The predicted molar refractivity (Wildman–Crippen MR) is 83.0 cm³/mol. The Labute approximate surface area is 117 Å². The lowest BCUT2D eigenvalue weighted by molar-refractivity contribution is 0.375. The zero-order valence-electron chi connectivity index (χ0n) is 12.8. The second-order valence-corrected chi connectivity index (χ2v) is 6.11. The lowest BCUT2D eigenvalue weighted by atomic mass is 9.92. The molecule has 3 nitrogen and oxygen atoms in total. The lowest BCUT2D eigenvalue weighted by Gasteiger charge is -2.29. The summed E-state index contributed by atoms with van der Waals surface area (Å²) in [5.41, 5.74) is 7.15. The molecule has 0 atom stereocenters. The zero-order chi connectivity index (χ0) is 14.3. The molecule has 0 aromatic heterocycles. The van der Waals surface area contributed by atoms with E-state index < -0.39 is 0 Å². The van der Waals surface area contributed by atoms with Crippen LogP contribution >= 0.6 is 0 Å². The number of hydrogen-bond donors (Lipinski definition) is 1. The third-order valence-corrected chi connectivity index (χ3v) is 3.19. The number of nitrogens with two attached hydrogens (primary N) is 1. The van der Waals surface area contributed by atoms with Crippen LogP contribution in [0.1, 0.15) is 33.6 Å². The summed E-state index contributed by atoms with van der Waals surface area (Å²) in [6, 6.07) is 8.21. The number of rotatable bonds is 7. The number of hydrogen-bond acceptors (Lipinski definition) is 3. The van der Waals surface area contributed by atoms with Gasteiger partial charge in [0, 0.05) is 13.1 Å². The molecule has 3 heteroatoms. The van der Waals surface area contributed by atoms with E-state index in [0.29, 0.717) is 5.41 Å². The first-order valence-corrected chi connectivity index (χ1v) is 7.06. The molecule has 19 heavy (non-hydrogen) atoms. The van der Waals surface area contributed by atoms with Gasteiger partial charge in [0.05, 0.1) is 12.8 Å². The summed E-state index contributed by atoms with van der Waals surface area (Å²) in [5.74, 6) is 0.938. The molecule has 0 aliphatic carbocycles. The van der Waals surface area contributed by atoms with Crippen molar-refractivity contribution in [2.75, 3.05) is 31.6 Å². The molecule has 0 radical (unpaired) electrons. The number of ether oxygens (including phenoxy) is 1. The summed E-state index contributed by atoms with van der Waals surface area (Å²) in [5, 5.41) is 0. The first-order chi connectivity index (χ1) is 8.98. The molecule has 0 saturated carbocycles. The minimum Gasteiger partial charge on any atom is -0.495 e. The maximum Gasteiger partial charge on any atom is 0.142 e. The molecule has 108 valence electrons. The van der Waals surface area contributed by atoms with Crippen LogP contribution in [0.4, 0.5) is 5.69 Å². The van der Waals surface area contributed by atoms with Crippen LogP contribution in [-0.2, 0) is 0 Å². The lowest BCUT2D eigenvalue weighted by Crippen LogP contribution is -2.30. The summed E-state index contributed by atoms with van der Waals surface area (Å²) in [6.07, 6.45) is 2.15. The topological polar surface area (TPSA) is 38.5 Å². The highest BCUT2D eigenvalue weighted by atomic mass is 16.5. The standard InChI is InChI=1S/C16H28N2O/c1-16(2,3)10-13-18(12-7-11-17)14-8-5-6-9-15(14)19-4/h5-6,8-9H,7,10-13,17H2,1-4H3.